The zero-order valence-corrected chi connectivity index (χ0v) is 18.2. The fourth-order valence-electron chi connectivity index (χ4n) is 4.85. The number of aromatic nitrogens is 2. The molecule has 1 unspecified atom stereocenters. The van der Waals surface area contributed by atoms with Crippen LogP contribution >= 0.6 is 0 Å². The van der Waals surface area contributed by atoms with Gasteiger partial charge in [0.25, 0.3) is 0 Å². The Hall–Kier alpha value is -3.22. The van der Waals surface area contributed by atoms with Crippen LogP contribution in [0, 0.1) is 11.7 Å². The van der Waals surface area contributed by atoms with Crippen LogP contribution in [0.2, 0.25) is 0 Å². The van der Waals surface area contributed by atoms with Crippen molar-refractivity contribution in [1.82, 2.24) is 14.5 Å². The molecule has 2 aliphatic rings. The second kappa shape index (κ2) is 8.37. The van der Waals surface area contributed by atoms with Crippen LogP contribution in [0.3, 0.4) is 0 Å². The molecular weight excluding hydrogens is 407 g/mol. The fourth-order valence-corrected chi connectivity index (χ4v) is 4.85. The van der Waals surface area contributed by atoms with Gasteiger partial charge in [-0.25, -0.2) is 9.37 Å². The minimum atomic E-state index is -0.412. The van der Waals surface area contributed by atoms with Crippen LogP contribution in [0.4, 0.5) is 10.1 Å². The molecule has 1 aromatic heterocycles. The van der Waals surface area contributed by atoms with Crippen molar-refractivity contribution in [2.75, 3.05) is 24.5 Å². The normalized spacial score (nSPS) is 19.8. The van der Waals surface area contributed by atoms with Crippen molar-refractivity contribution >= 4 is 28.5 Å². The Kier molecular flexibility index (Phi) is 5.41. The van der Waals surface area contributed by atoms with Crippen LogP contribution in [0.5, 0.6) is 0 Å². The molecule has 1 atom stereocenters. The minimum Gasteiger partial charge on any atom is -0.341 e. The summed E-state index contributed by atoms with van der Waals surface area (Å²) in [6, 6.07) is 14.1. The maximum atomic E-state index is 14.3. The number of carbonyl (C=O) groups excluding carboxylic acids is 2. The third-order valence-electron chi connectivity index (χ3n) is 6.75. The summed E-state index contributed by atoms with van der Waals surface area (Å²) in [6.45, 7) is 4.34. The monoisotopic (exact) mass is 434 g/mol. The van der Waals surface area contributed by atoms with E-state index in [2.05, 4.69) is 6.92 Å². The summed E-state index contributed by atoms with van der Waals surface area (Å²) in [4.78, 5) is 34.2. The Morgan fingerprint density at radius 2 is 1.81 bits per heavy atom. The summed E-state index contributed by atoms with van der Waals surface area (Å²) < 4.78 is 16.3. The number of benzene rings is 2. The average molecular weight is 435 g/mol. The van der Waals surface area contributed by atoms with Gasteiger partial charge in [-0.1, -0.05) is 31.2 Å². The van der Waals surface area contributed by atoms with E-state index in [9.17, 15) is 14.0 Å². The summed E-state index contributed by atoms with van der Waals surface area (Å²) >= 11 is 0. The summed E-state index contributed by atoms with van der Waals surface area (Å²) in [5.74, 6) is 0.703. The number of nitrogens with zero attached hydrogens (tertiary/aromatic N) is 4. The van der Waals surface area contributed by atoms with Gasteiger partial charge >= 0.3 is 0 Å². The van der Waals surface area contributed by atoms with Crippen molar-refractivity contribution in [3.05, 3.63) is 60.2 Å². The van der Waals surface area contributed by atoms with Crippen LogP contribution in [0.25, 0.3) is 11.0 Å². The first kappa shape index (κ1) is 20.7. The number of hydrogen-bond acceptors (Lipinski definition) is 3. The van der Waals surface area contributed by atoms with Crippen LogP contribution in [-0.4, -0.2) is 45.9 Å². The second-order valence-electron chi connectivity index (χ2n) is 8.96. The lowest BCUT2D eigenvalue weighted by atomic mass is 9.99. The molecule has 0 spiro atoms. The molecule has 5 rings (SSSR count). The van der Waals surface area contributed by atoms with E-state index in [1.54, 1.807) is 18.2 Å². The molecule has 0 bridgehead atoms. The molecule has 0 saturated carbocycles. The number of carbonyl (C=O) groups is 2. The predicted octanol–water partition coefficient (Wildman–Crippen LogP) is 3.95. The zero-order valence-electron chi connectivity index (χ0n) is 18.2. The fraction of sp³-hybridized carbons (Fsp3) is 0.400. The van der Waals surface area contributed by atoms with Gasteiger partial charge in [-0.15, -0.1) is 0 Å². The number of anilines is 1. The topological polar surface area (TPSA) is 58.4 Å². The molecule has 3 aromatic rings. The molecule has 0 aliphatic carbocycles. The smallest absolute Gasteiger partial charge is 0.242 e. The maximum absolute atomic E-state index is 14.3. The molecule has 7 heteroatoms. The Morgan fingerprint density at radius 1 is 1.09 bits per heavy atom. The molecule has 2 fully saturated rings. The molecule has 0 radical (unpaired) electrons. The van der Waals surface area contributed by atoms with E-state index in [1.165, 1.54) is 11.0 Å². The average Bonchev–Trinajstić information content (AvgIpc) is 3.35. The van der Waals surface area contributed by atoms with Crippen molar-refractivity contribution in [3.63, 3.8) is 0 Å². The van der Waals surface area contributed by atoms with Gasteiger partial charge in [-0.05, 0) is 43.0 Å². The molecule has 3 heterocycles. The highest BCUT2D eigenvalue weighted by molar-refractivity contribution is 5.96. The van der Waals surface area contributed by atoms with Crippen molar-refractivity contribution in [3.8, 4) is 0 Å². The molecule has 6 nitrogen and oxygen atoms in total. The lowest BCUT2D eigenvalue weighted by Gasteiger charge is -2.30. The Labute approximate surface area is 186 Å². The Morgan fingerprint density at radius 3 is 2.59 bits per heavy atom. The van der Waals surface area contributed by atoms with E-state index in [0.717, 1.165) is 42.8 Å². The first-order valence-electron chi connectivity index (χ1n) is 11.3. The number of para-hydroxylation sites is 3. The highest BCUT2D eigenvalue weighted by atomic mass is 19.1. The summed E-state index contributed by atoms with van der Waals surface area (Å²) in [7, 11) is 0. The highest BCUT2D eigenvalue weighted by Gasteiger charge is 2.36. The molecule has 166 valence electrons. The van der Waals surface area contributed by atoms with Gasteiger partial charge in [0.15, 0.2) is 0 Å². The number of hydrogen-bond donors (Lipinski definition) is 0. The number of halogens is 1. The van der Waals surface area contributed by atoms with Crippen molar-refractivity contribution < 1.29 is 14.0 Å². The molecule has 2 aliphatic heterocycles. The van der Waals surface area contributed by atoms with E-state index in [1.807, 2.05) is 33.7 Å². The summed E-state index contributed by atoms with van der Waals surface area (Å²) in [5.41, 5.74) is 1.98. The highest BCUT2D eigenvalue weighted by Crippen LogP contribution is 2.34. The van der Waals surface area contributed by atoms with E-state index >= 15 is 0 Å². The van der Waals surface area contributed by atoms with Gasteiger partial charge in [-0.2, -0.15) is 0 Å². The van der Waals surface area contributed by atoms with Crippen molar-refractivity contribution in [2.45, 2.75) is 38.6 Å². The molecule has 32 heavy (non-hydrogen) atoms. The lowest BCUT2D eigenvalue weighted by Crippen LogP contribution is -2.40. The van der Waals surface area contributed by atoms with E-state index in [-0.39, 0.29) is 30.7 Å². The Balaban J connectivity index is 1.45. The summed E-state index contributed by atoms with van der Waals surface area (Å²) in [5, 5.41) is 0. The third-order valence-corrected chi connectivity index (χ3v) is 6.75. The second-order valence-corrected chi connectivity index (χ2v) is 8.96. The van der Waals surface area contributed by atoms with E-state index in [4.69, 9.17) is 4.98 Å². The molecule has 2 amide bonds. The van der Waals surface area contributed by atoms with Crippen molar-refractivity contribution in [2.24, 2.45) is 5.92 Å². The van der Waals surface area contributed by atoms with Crippen molar-refractivity contribution in [1.29, 1.82) is 0 Å². The molecule has 2 aromatic carbocycles. The van der Waals surface area contributed by atoms with Crippen LogP contribution in [-0.2, 0) is 16.1 Å². The lowest BCUT2D eigenvalue weighted by molar-refractivity contribution is -0.133. The van der Waals surface area contributed by atoms with Gasteiger partial charge < -0.3 is 14.4 Å². The first-order chi connectivity index (χ1) is 15.5. The van der Waals surface area contributed by atoms with Gasteiger partial charge in [0.1, 0.15) is 18.2 Å². The van der Waals surface area contributed by atoms with Gasteiger partial charge in [-0.3, -0.25) is 9.59 Å². The zero-order chi connectivity index (χ0) is 22.2. The maximum Gasteiger partial charge on any atom is 0.242 e. The minimum absolute atomic E-state index is 0.0802. The molecule has 2 saturated heterocycles. The first-order valence-corrected chi connectivity index (χ1v) is 11.3. The van der Waals surface area contributed by atoms with Crippen LogP contribution < -0.4 is 4.90 Å². The standard InChI is InChI=1S/C25H27FN4O2/c1-17-10-12-28(13-11-17)24(32)16-30-22-9-5-3-7-20(22)27-25(30)18-14-23(31)29(15-18)21-8-4-2-6-19(21)26/h2-9,17-18H,10-16H2,1H3. The number of imidazole rings is 1. The third kappa shape index (κ3) is 3.76. The Bertz CT molecular complexity index is 1170. The number of rotatable bonds is 4. The predicted molar refractivity (Wildman–Crippen MR) is 121 cm³/mol. The number of piperidine rings is 1. The molecular formula is C25H27FN4O2. The largest absolute Gasteiger partial charge is 0.341 e. The quantitative estimate of drug-likeness (QED) is 0.625. The molecule has 0 N–H and O–H groups in total. The van der Waals surface area contributed by atoms with Crippen LogP contribution in [0.15, 0.2) is 48.5 Å². The number of likely N-dealkylation sites (tertiary alicyclic amines) is 1. The summed E-state index contributed by atoms with van der Waals surface area (Å²) in [6.07, 6.45) is 2.29. The van der Waals surface area contributed by atoms with Crippen LogP contribution in [0.1, 0.15) is 37.9 Å². The number of amides is 2. The van der Waals surface area contributed by atoms with E-state index < -0.39 is 5.82 Å². The van der Waals surface area contributed by atoms with Gasteiger partial charge in [0.05, 0.1) is 16.7 Å². The SMILES string of the molecule is CC1CCN(C(=O)Cn2c(C3CC(=O)N(c4ccccc4F)C3)nc3ccccc32)CC1. The number of fused-ring (bicyclic) bond motifs is 1. The van der Waals surface area contributed by atoms with E-state index in [0.29, 0.717) is 18.2 Å². The van der Waals surface area contributed by atoms with Gasteiger partial charge in [0.2, 0.25) is 11.8 Å². The van der Waals surface area contributed by atoms with Gasteiger partial charge in [0, 0.05) is 32.0 Å².